The third kappa shape index (κ3) is 3.54. The molecule has 6 nitrogen and oxygen atoms in total. The van der Waals surface area contributed by atoms with Gasteiger partial charge < -0.3 is 20.3 Å². The topological polar surface area (TPSA) is 62.3 Å². The number of hydrogen-bond acceptors (Lipinski definition) is 6. The minimum absolute atomic E-state index is 0.499. The van der Waals surface area contributed by atoms with E-state index in [9.17, 15) is 0 Å². The van der Waals surface area contributed by atoms with Gasteiger partial charge in [-0.2, -0.15) is 0 Å². The van der Waals surface area contributed by atoms with Crippen LogP contribution in [0.2, 0.25) is 0 Å². The Hall–Kier alpha value is -1.40. The lowest BCUT2D eigenvalue weighted by molar-refractivity contribution is 0.210. The maximum Gasteiger partial charge on any atom is 0.134 e. The van der Waals surface area contributed by atoms with Gasteiger partial charge in [-0.3, -0.25) is 0 Å². The molecule has 2 N–H and O–H groups in total. The lowest BCUT2D eigenvalue weighted by Crippen LogP contribution is -2.49. The summed E-state index contributed by atoms with van der Waals surface area (Å²) in [5.74, 6) is 1.83. The van der Waals surface area contributed by atoms with E-state index in [4.69, 9.17) is 4.74 Å². The van der Waals surface area contributed by atoms with Crippen molar-refractivity contribution in [1.29, 1.82) is 0 Å². The Bertz CT molecular complexity index is 373. The minimum Gasteiger partial charge on any atom is -0.383 e. The maximum absolute atomic E-state index is 5.00. The van der Waals surface area contributed by atoms with Gasteiger partial charge in [0.2, 0.25) is 0 Å². The van der Waals surface area contributed by atoms with Gasteiger partial charge in [0.1, 0.15) is 18.0 Å². The lowest BCUT2D eigenvalue weighted by Gasteiger charge is -2.32. The maximum atomic E-state index is 5.00. The number of ether oxygens (including phenoxy) is 1. The average Bonchev–Trinajstić information content (AvgIpc) is 2.39. The summed E-state index contributed by atoms with van der Waals surface area (Å²) in [7, 11) is 1.69. The predicted octanol–water partition coefficient (Wildman–Crippen LogP) is 0.333. The Morgan fingerprint density at radius 2 is 2.44 bits per heavy atom. The van der Waals surface area contributed by atoms with Crippen LogP contribution in [0.15, 0.2) is 12.4 Å². The van der Waals surface area contributed by atoms with Crippen molar-refractivity contribution in [2.24, 2.45) is 0 Å². The van der Waals surface area contributed by atoms with Gasteiger partial charge in [0, 0.05) is 45.4 Å². The molecule has 18 heavy (non-hydrogen) atoms. The first-order valence-electron chi connectivity index (χ1n) is 6.33. The number of anilines is 2. The van der Waals surface area contributed by atoms with Gasteiger partial charge in [-0.1, -0.05) is 0 Å². The molecule has 0 aromatic carbocycles. The number of hydrogen-bond donors (Lipinski definition) is 2. The van der Waals surface area contributed by atoms with Gasteiger partial charge in [-0.25, -0.2) is 9.97 Å². The van der Waals surface area contributed by atoms with E-state index in [1.54, 1.807) is 13.4 Å². The minimum atomic E-state index is 0.499. The van der Waals surface area contributed by atoms with E-state index in [-0.39, 0.29) is 0 Å². The van der Waals surface area contributed by atoms with Crippen molar-refractivity contribution in [3.63, 3.8) is 0 Å². The molecule has 1 aromatic heterocycles. The molecule has 1 saturated heterocycles. The van der Waals surface area contributed by atoms with Crippen LogP contribution in [0.4, 0.5) is 11.6 Å². The second-order valence-corrected chi connectivity index (χ2v) is 4.48. The number of methoxy groups -OCH3 is 1. The number of aromatic nitrogens is 2. The molecule has 100 valence electrons. The van der Waals surface area contributed by atoms with E-state index in [0.717, 1.165) is 37.8 Å². The molecule has 2 heterocycles. The van der Waals surface area contributed by atoms with Crippen molar-refractivity contribution < 1.29 is 4.74 Å². The molecule has 1 aromatic rings. The standard InChI is InChI=1S/C12H21N5O/c1-10-8-17(5-3-13-10)12-7-11(15-9-16-12)14-4-6-18-2/h7,9-10,13H,3-6,8H2,1-2H3,(H,14,15,16). The van der Waals surface area contributed by atoms with Crippen LogP contribution in [-0.2, 0) is 4.74 Å². The van der Waals surface area contributed by atoms with Crippen molar-refractivity contribution in [2.45, 2.75) is 13.0 Å². The van der Waals surface area contributed by atoms with Crippen molar-refractivity contribution in [2.75, 3.05) is 50.1 Å². The van der Waals surface area contributed by atoms with Crippen molar-refractivity contribution in [3.8, 4) is 0 Å². The van der Waals surface area contributed by atoms with Gasteiger partial charge >= 0.3 is 0 Å². The molecule has 0 saturated carbocycles. The highest BCUT2D eigenvalue weighted by molar-refractivity contribution is 5.48. The number of piperazine rings is 1. The SMILES string of the molecule is COCCNc1cc(N2CCNC(C)C2)ncn1. The second kappa shape index (κ2) is 6.51. The molecule has 1 unspecified atom stereocenters. The third-order valence-electron chi connectivity index (χ3n) is 2.96. The number of nitrogens with one attached hydrogen (secondary N) is 2. The molecule has 0 spiro atoms. The van der Waals surface area contributed by atoms with Gasteiger partial charge in [0.25, 0.3) is 0 Å². The summed E-state index contributed by atoms with van der Waals surface area (Å²) in [4.78, 5) is 10.8. The highest BCUT2D eigenvalue weighted by Crippen LogP contribution is 2.15. The molecule has 2 rings (SSSR count). The van der Waals surface area contributed by atoms with Crippen molar-refractivity contribution >= 4 is 11.6 Å². The molecule has 0 bridgehead atoms. The summed E-state index contributed by atoms with van der Waals surface area (Å²) in [5.41, 5.74) is 0. The lowest BCUT2D eigenvalue weighted by atomic mass is 10.2. The number of nitrogens with zero attached hydrogens (tertiary/aromatic N) is 3. The van der Waals surface area contributed by atoms with Crippen LogP contribution in [0.25, 0.3) is 0 Å². The van der Waals surface area contributed by atoms with E-state index >= 15 is 0 Å². The van der Waals surface area contributed by atoms with Gasteiger partial charge in [-0.05, 0) is 6.92 Å². The quantitative estimate of drug-likeness (QED) is 0.736. The summed E-state index contributed by atoms with van der Waals surface area (Å²) < 4.78 is 5.00. The van der Waals surface area contributed by atoms with E-state index in [2.05, 4.69) is 32.4 Å². The summed E-state index contributed by atoms with van der Waals surface area (Å²) in [5, 5.41) is 6.64. The Morgan fingerprint density at radius 3 is 3.22 bits per heavy atom. The third-order valence-corrected chi connectivity index (χ3v) is 2.96. The smallest absolute Gasteiger partial charge is 0.134 e. The Balaban J connectivity index is 1.97. The molecule has 0 amide bonds. The van der Waals surface area contributed by atoms with Gasteiger partial charge in [-0.15, -0.1) is 0 Å². The summed E-state index contributed by atoms with van der Waals surface area (Å²) >= 11 is 0. The molecule has 1 aliphatic rings. The zero-order chi connectivity index (χ0) is 12.8. The van der Waals surface area contributed by atoms with Crippen LogP contribution < -0.4 is 15.5 Å². The van der Waals surface area contributed by atoms with Crippen LogP contribution in [0.3, 0.4) is 0 Å². The molecular weight excluding hydrogens is 230 g/mol. The number of rotatable bonds is 5. The Labute approximate surface area is 108 Å². The fourth-order valence-corrected chi connectivity index (χ4v) is 2.04. The summed E-state index contributed by atoms with van der Waals surface area (Å²) in [6.45, 7) is 6.57. The van der Waals surface area contributed by atoms with Gasteiger partial charge in [0.05, 0.1) is 6.61 Å². The molecule has 0 aliphatic carbocycles. The Kier molecular flexibility index (Phi) is 4.72. The summed E-state index contributed by atoms with van der Waals surface area (Å²) in [6, 6.07) is 2.49. The van der Waals surface area contributed by atoms with Crippen molar-refractivity contribution in [1.82, 2.24) is 15.3 Å². The molecular formula is C12H21N5O. The van der Waals surface area contributed by atoms with E-state index in [0.29, 0.717) is 12.6 Å². The monoisotopic (exact) mass is 251 g/mol. The van der Waals surface area contributed by atoms with E-state index < -0.39 is 0 Å². The van der Waals surface area contributed by atoms with Crippen LogP contribution in [0.5, 0.6) is 0 Å². The van der Waals surface area contributed by atoms with Crippen LogP contribution in [-0.4, -0.2) is 55.9 Å². The first-order chi connectivity index (χ1) is 8.79. The zero-order valence-corrected chi connectivity index (χ0v) is 11.0. The average molecular weight is 251 g/mol. The largest absolute Gasteiger partial charge is 0.383 e. The van der Waals surface area contributed by atoms with Crippen LogP contribution in [0, 0.1) is 0 Å². The van der Waals surface area contributed by atoms with E-state index in [1.165, 1.54) is 0 Å². The molecule has 6 heteroatoms. The highest BCUT2D eigenvalue weighted by Gasteiger charge is 2.17. The predicted molar refractivity (Wildman–Crippen MR) is 72.1 cm³/mol. The first-order valence-corrected chi connectivity index (χ1v) is 6.33. The zero-order valence-electron chi connectivity index (χ0n) is 11.0. The highest BCUT2D eigenvalue weighted by atomic mass is 16.5. The van der Waals surface area contributed by atoms with E-state index in [1.807, 2.05) is 6.07 Å². The van der Waals surface area contributed by atoms with Crippen LogP contribution in [0.1, 0.15) is 6.92 Å². The van der Waals surface area contributed by atoms with Crippen molar-refractivity contribution in [3.05, 3.63) is 12.4 Å². The normalized spacial score (nSPS) is 19.9. The van der Waals surface area contributed by atoms with Crippen LogP contribution >= 0.6 is 0 Å². The molecule has 0 radical (unpaired) electrons. The fourth-order valence-electron chi connectivity index (χ4n) is 2.04. The molecule has 1 aliphatic heterocycles. The Morgan fingerprint density at radius 1 is 1.56 bits per heavy atom. The van der Waals surface area contributed by atoms with Gasteiger partial charge in [0.15, 0.2) is 0 Å². The fraction of sp³-hybridized carbons (Fsp3) is 0.667. The second-order valence-electron chi connectivity index (χ2n) is 4.48. The molecule has 1 atom stereocenters. The summed E-state index contributed by atoms with van der Waals surface area (Å²) in [6.07, 6.45) is 1.61. The first kappa shape index (κ1) is 13.0. The molecule has 1 fully saturated rings.